The highest BCUT2D eigenvalue weighted by atomic mass is 35.5. The SMILES string of the molecule is CCCCC(CN)NC(=O)c1ccc(C)o1.Cl. The lowest BCUT2D eigenvalue weighted by Crippen LogP contribution is -2.40. The minimum absolute atomic E-state index is 0. The Hall–Kier alpha value is -1.00. The van der Waals surface area contributed by atoms with Crippen molar-refractivity contribution >= 4 is 18.3 Å². The summed E-state index contributed by atoms with van der Waals surface area (Å²) in [6.45, 7) is 4.39. The highest BCUT2D eigenvalue weighted by molar-refractivity contribution is 5.91. The second-order valence-corrected chi connectivity index (χ2v) is 3.96. The number of carbonyl (C=O) groups is 1. The summed E-state index contributed by atoms with van der Waals surface area (Å²) >= 11 is 0. The van der Waals surface area contributed by atoms with Crippen LogP contribution in [0.1, 0.15) is 42.5 Å². The topological polar surface area (TPSA) is 68.3 Å². The zero-order chi connectivity index (χ0) is 12.0. The average molecular weight is 261 g/mol. The number of carbonyl (C=O) groups excluding carboxylic acids is 1. The molecule has 0 fully saturated rings. The van der Waals surface area contributed by atoms with Crippen molar-refractivity contribution in [3.8, 4) is 0 Å². The van der Waals surface area contributed by atoms with Crippen molar-refractivity contribution in [1.29, 1.82) is 0 Å². The van der Waals surface area contributed by atoms with Gasteiger partial charge in [0.15, 0.2) is 5.76 Å². The van der Waals surface area contributed by atoms with Crippen LogP contribution in [-0.4, -0.2) is 18.5 Å². The van der Waals surface area contributed by atoms with E-state index in [9.17, 15) is 4.79 Å². The molecule has 1 unspecified atom stereocenters. The van der Waals surface area contributed by atoms with E-state index in [4.69, 9.17) is 10.2 Å². The number of rotatable bonds is 6. The van der Waals surface area contributed by atoms with Crippen LogP contribution in [0, 0.1) is 6.92 Å². The molecule has 0 aromatic carbocycles. The lowest BCUT2D eigenvalue weighted by molar-refractivity contribution is 0.0906. The van der Waals surface area contributed by atoms with Gasteiger partial charge in [0.25, 0.3) is 5.91 Å². The van der Waals surface area contributed by atoms with Crippen LogP contribution >= 0.6 is 12.4 Å². The summed E-state index contributed by atoms with van der Waals surface area (Å²) in [5, 5.41) is 2.87. The summed E-state index contributed by atoms with van der Waals surface area (Å²) in [6.07, 6.45) is 3.09. The molecule has 0 aliphatic carbocycles. The van der Waals surface area contributed by atoms with Crippen LogP contribution in [-0.2, 0) is 0 Å². The van der Waals surface area contributed by atoms with E-state index in [-0.39, 0.29) is 24.4 Å². The second kappa shape index (κ2) is 8.14. The Bertz CT molecular complexity index is 339. The molecule has 0 saturated carbocycles. The molecule has 0 spiro atoms. The number of nitrogens with two attached hydrogens (primary N) is 1. The van der Waals surface area contributed by atoms with Crippen molar-refractivity contribution in [2.45, 2.75) is 39.2 Å². The highest BCUT2D eigenvalue weighted by Crippen LogP contribution is 2.07. The van der Waals surface area contributed by atoms with Crippen molar-refractivity contribution in [3.05, 3.63) is 23.7 Å². The number of unbranched alkanes of at least 4 members (excludes halogenated alkanes) is 1. The number of nitrogens with one attached hydrogen (secondary N) is 1. The summed E-state index contributed by atoms with van der Waals surface area (Å²) in [5.41, 5.74) is 5.60. The lowest BCUT2D eigenvalue weighted by Gasteiger charge is -2.15. The third kappa shape index (κ3) is 5.24. The number of amides is 1. The predicted octanol–water partition coefficient (Wildman–Crippen LogP) is 2.26. The molecule has 0 aliphatic heterocycles. The van der Waals surface area contributed by atoms with Crippen molar-refractivity contribution in [1.82, 2.24) is 5.32 Å². The Morgan fingerprint density at radius 3 is 2.71 bits per heavy atom. The fraction of sp³-hybridized carbons (Fsp3) is 0.583. The first-order chi connectivity index (χ1) is 7.67. The van der Waals surface area contributed by atoms with Crippen LogP contribution in [0.2, 0.25) is 0 Å². The molecule has 0 bridgehead atoms. The Balaban J connectivity index is 0.00000256. The number of aryl methyl sites for hydroxylation is 1. The van der Waals surface area contributed by atoms with Crippen molar-refractivity contribution in [2.24, 2.45) is 5.73 Å². The van der Waals surface area contributed by atoms with E-state index < -0.39 is 0 Å². The molecule has 17 heavy (non-hydrogen) atoms. The molecule has 4 nitrogen and oxygen atoms in total. The van der Waals surface area contributed by atoms with Gasteiger partial charge in [-0.25, -0.2) is 0 Å². The minimum atomic E-state index is -0.181. The van der Waals surface area contributed by atoms with Gasteiger partial charge < -0.3 is 15.5 Å². The number of halogens is 1. The minimum Gasteiger partial charge on any atom is -0.456 e. The summed E-state index contributed by atoms with van der Waals surface area (Å²) in [6, 6.07) is 3.49. The fourth-order valence-electron chi connectivity index (χ4n) is 1.51. The van der Waals surface area contributed by atoms with E-state index in [0.29, 0.717) is 12.3 Å². The molecule has 1 amide bonds. The summed E-state index contributed by atoms with van der Waals surface area (Å²) in [5.74, 6) is 0.912. The van der Waals surface area contributed by atoms with Gasteiger partial charge in [-0.1, -0.05) is 19.8 Å². The van der Waals surface area contributed by atoms with Gasteiger partial charge in [-0.2, -0.15) is 0 Å². The Morgan fingerprint density at radius 2 is 2.24 bits per heavy atom. The molecular weight excluding hydrogens is 240 g/mol. The number of hydrogen-bond acceptors (Lipinski definition) is 3. The Labute approximate surface area is 108 Å². The molecule has 1 rings (SSSR count). The van der Waals surface area contributed by atoms with Gasteiger partial charge >= 0.3 is 0 Å². The van der Waals surface area contributed by atoms with Gasteiger partial charge in [-0.3, -0.25) is 4.79 Å². The first-order valence-electron chi connectivity index (χ1n) is 5.74. The Kier molecular flexibility index (Phi) is 7.66. The van der Waals surface area contributed by atoms with Crippen LogP contribution in [0.4, 0.5) is 0 Å². The molecule has 1 aromatic rings. The maximum atomic E-state index is 11.7. The standard InChI is InChI=1S/C12H20N2O2.ClH/c1-3-4-5-10(8-13)14-12(15)11-7-6-9(2)16-11;/h6-7,10H,3-5,8,13H2,1-2H3,(H,14,15);1H. The first-order valence-corrected chi connectivity index (χ1v) is 5.74. The smallest absolute Gasteiger partial charge is 0.287 e. The Morgan fingerprint density at radius 1 is 1.53 bits per heavy atom. The zero-order valence-corrected chi connectivity index (χ0v) is 11.2. The van der Waals surface area contributed by atoms with E-state index in [2.05, 4.69) is 12.2 Å². The van der Waals surface area contributed by atoms with Gasteiger partial charge in [0.2, 0.25) is 0 Å². The number of hydrogen-bond donors (Lipinski definition) is 2. The van der Waals surface area contributed by atoms with Gasteiger partial charge in [-0.15, -0.1) is 12.4 Å². The van der Waals surface area contributed by atoms with Gasteiger partial charge in [0.05, 0.1) is 0 Å². The molecule has 0 saturated heterocycles. The summed E-state index contributed by atoms with van der Waals surface area (Å²) < 4.78 is 5.24. The van der Waals surface area contributed by atoms with E-state index in [1.165, 1.54) is 0 Å². The van der Waals surface area contributed by atoms with Crippen LogP contribution in [0.25, 0.3) is 0 Å². The van der Waals surface area contributed by atoms with Crippen molar-refractivity contribution < 1.29 is 9.21 Å². The molecular formula is C12H21ClN2O2. The molecule has 1 atom stereocenters. The van der Waals surface area contributed by atoms with Crippen LogP contribution in [0.5, 0.6) is 0 Å². The van der Waals surface area contributed by atoms with Crippen LogP contribution in [0.3, 0.4) is 0 Å². The van der Waals surface area contributed by atoms with Crippen LogP contribution in [0.15, 0.2) is 16.5 Å². The molecule has 5 heteroatoms. The quantitative estimate of drug-likeness (QED) is 0.824. The second-order valence-electron chi connectivity index (χ2n) is 3.96. The first kappa shape index (κ1) is 16.0. The van der Waals surface area contributed by atoms with Crippen molar-refractivity contribution in [3.63, 3.8) is 0 Å². The van der Waals surface area contributed by atoms with E-state index >= 15 is 0 Å². The van der Waals surface area contributed by atoms with Gasteiger partial charge in [0.1, 0.15) is 5.76 Å². The fourth-order valence-corrected chi connectivity index (χ4v) is 1.51. The molecule has 1 heterocycles. The predicted molar refractivity (Wildman–Crippen MR) is 70.5 cm³/mol. The maximum absolute atomic E-state index is 11.7. The molecule has 0 aliphatic rings. The number of furan rings is 1. The van der Waals surface area contributed by atoms with E-state index in [1.807, 2.05) is 6.92 Å². The molecule has 3 N–H and O–H groups in total. The molecule has 1 aromatic heterocycles. The summed E-state index contributed by atoms with van der Waals surface area (Å²) in [4.78, 5) is 11.7. The maximum Gasteiger partial charge on any atom is 0.287 e. The van der Waals surface area contributed by atoms with Gasteiger partial charge in [0, 0.05) is 12.6 Å². The van der Waals surface area contributed by atoms with E-state index in [1.54, 1.807) is 12.1 Å². The van der Waals surface area contributed by atoms with Gasteiger partial charge in [-0.05, 0) is 25.5 Å². The van der Waals surface area contributed by atoms with Crippen LogP contribution < -0.4 is 11.1 Å². The van der Waals surface area contributed by atoms with E-state index in [0.717, 1.165) is 25.0 Å². The highest BCUT2D eigenvalue weighted by Gasteiger charge is 2.14. The van der Waals surface area contributed by atoms with Crippen molar-refractivity contribution in [2.75, 3.05) is 6.54 Å². The molecule has 98 valence electrons. The monoisotopic (exact) mass is 260 g/mol. The average Bonchev–Trinajstić information content (AvgIpc) is 2.70. The lowest BCUT2D eigenvalue weighted by atomic mass is 10.1. The molecule has 0 radical (unpaired) electrons. The largest absolute Gasteiger partial charge is 0.456 e. The third-order valence-electron chi connectivity index (χ3n) is 2.49. The zero-order valence-electron chi connectivity index (χ0n) is 10.4. The summed E-state index contributed by atoms with van der Waals surface area (Å²) in [7, 11) is 0. The normalized spacial score (nSPS) is 11.7. The third-order valence-corrected chi connectivity index (χ3v) is 2.49.